The Kier molecular flexibility index (Phi) is 7.70. The number of aliphatic carboxylic acids is 1. The second kappa shape index (κ2) is 10.8. The molecule has 5 rings (SSSR count). The number of benzene rings is 3. The number of aromatic nitrogens is 1. The Labute approximate surface area is 244 Å². The van der Waals surface area contributed by atoms with Gasteiger partial charge >= 0.3 is 5.97 Å². The van der Waals surface area contributed by atoms with Crippen LogP contribution in [0.25, 0.3) is 21.3 Å². The Bertz CT molecular complexity index is 1540. The van der Waals surface area contributed by atoms with Crippen molar-refractivity contribution in [3.8, 4) is 11.1 Å². The zero-order chi connectivity index (χ0) is 28.8. The van der Waals surface area contributed by atoms with E-state index in [1.165, 1.54) is 5.56 Å². The molecule has 0 amide bonds. The molecule has 210 valence electrons. The molecule has 2 unspecified atom stereocenters. The van der Waals surface area contributed by atoms with Gasteiger partial charge < -0.3 is 19.5 Å². The lowest BCUT2D eigenvalue weighted by Gasteiger charge is -2.40. The maximum Gasteiger partial charge on any atom is 0.337 e. The molecule has 0 aliphatic carbocycles. The number of hydrogen-bond acceptors (Lipinski definition) is 6. The van der Waals surface area contributed by atoms with Gasteiger partial charge in [0.1, 0.15) is 5.60 Å². The molecule has 8 heteroatoms. The number of nitrogens with zero attached hydrogens (tertiary/aromatic N) is 2. The van der Waals surface area contributed by atoms with Gasteiger partial charge in [-0.25, -0.2) is 9.78 Å². The third kappa shape index (κ3) is 5.75. The van der Waals surface area contributed by atoms with E-state index in [9.17, 15) is 9.90 Å². The fourth-order valence-corrected chi connectivity index (χ4v) is 6.55. The minimum absolute atomic E-state index is 0.473. The second-order valence-electron chi connectivity index (χ2n) is 11.6. The first-order chi connectivity index (χ1) is 18.8. The molecule has 0 radical (unpaired) electrons. The molecule has 40 heavy (non-hydrogen) atoms. The highest BCUT2D eigenvalue weighted by atomic mass is 35.5. The highest BCUT2D eigenvalue weighted by Crippen LogP contribution is 2.45. The fourth-order valence-electron chi connectivity index (χ4n) is 5.28. The molecule has 0 spiro atoms. The van der Waals surface area contributed by atoms with Gasteiger partial charge in [0, 0.05) is 22.7 Å². The molecule has 2 atom stereocenters. The number of aryl methyl sites for hydroxylation is 2. The van der Waals surface area contributed by atoms with E-state index in [0.29, 0.717) is 30.3 Å². The lowest BCUT2D eigenvalue weighted by atomic mass is 9.91. The van der Waals surface area contributed by atoms with Gasteiger partial charge in [-0.15, -0.1) is 0 Å². The molecule has 3 aromatic carbocycles. The fraction of sp³-hybridized carbons (Fsp3) is 0.375. The minimum atomic E-state index is -1.14. The smallest absolute Gasteiger partial charge is 0.337 e. The SMILES string of the molecule is Cc1ccc(C2(C)CN(c3nc4cc(C)c(C(OC(C)(C)C)C(=O)O)c(-c5ccc(Cl)cc5)c4s3)CCO2)cc1. The van der Waals surface area contributed by atoms with Crippen LogP contribution in [0.2, 0.25) is 5.02 Å². The van der Waals surface area contributed by atoms with Gasteiger partial charge in [0.25, 0.3) is 0 Å². The van der Waals surface area contributed by atoms with Crippen LogP contribution in [0.5, 0.6) is 0 Å². The number of anilines is 1. The van der Waals surface area contributed by atoms with Crippen molar-refractivity contribution >= 4 is 44.3 Å². The number of rotatable bonds is 6. The predicted molar refractivity (Wildman–Crippen MR) is 163 cm³/mol. The lowest BCUT2D eigenvalue weighted by molar-refractivity contribution is -0.160. The number of ether oxygens (including phenoxy) is 2. The average Bonchev–Trinajstić information content (AvgIpc) is 3.31. The number of fused-ring (bicyclic) bond motifs is 1. The van der Waals surface area contributed by atoms with Crippen LogP contribution in [0.1, 0.15) is 56.1 Å². The van der Waals surface area contributed by atoms with Gasteiger partial charge in [-0.2, -0.15) is 0 Å². The Balaban J connectivity index is 1.65. The molecule has 6 nitrogen and oxygen atoms in total. The zero-order valence-corrected chi connectivity index (χ0v) is 25.3. The van der Waals surface area contributed by atoms with Crippen molar-refractivity contribution in [3.05, 3.63) is 81.9 Å². The van der Waals surface area contributed by atoms with Crippen LogP contribution >= 0.6 is 22.9 Å². The van der Waals surface area contributed by atoms with Crippen LogP contribution in [0.3, 0.4) is 0 Å². The number of halogens is 1. The van der Waals surface area contributed by atoms with Crippen molar-refractivity contribution in [2.45, 2.75) is 58.8 Å². The number of thiazole rings is 1. The second-order valence-corrected chi connectivity index (χ2v) is 13.1. The van der Waals surface area contributed by atoms with E-state index in [0.717, 1.165) is 37.6 Å². The number of hydrogen-bond donors (Lipinski definition) is 1. The van der Waals surface area contributed by atoms with Crippen molar-refractivity contribution in [1.29, 1.82) is 0 Å². The van der Waals surface area contributed by atoms with Gasteiger partial charge in [0.2, 0.25) is 0 Å². The van der Waals surface area contributed by atoms with Gasteiger partial charge in [-0.05, 0) is 76.4 Å². The molecule has 1 saturated heterocycles. The lowest BCUT2D eigenvalue weighted by Crippen LogP contribution is -2.48. The van der Waals surface area contributed by atoms with Gasteiger partial charge in [0.05, 0.1) is 29.0 Å². The van der Waals surface area contributed by atoms with Crippen LogP contribution in [0.4, 0.5) is 5.13 Å². The Morgan fingerprint density at radius 2 is 1.82 bits per heavy atom. The molecule has 0 saturated carbocycles. The van der Waals surface area contributed by atoms with Crippen molar-refractivity contribution in [1.82, 2.24) is 4.98 Å². The van der Waals surface area contributed by atoms with Gasteiger partial charge in [0.15, 0.2) is 11.2 Å². The molecular formula is C32H35ClN2O4S. The van der Waals surface area contributed by atoms with E-state index in [1.54, 1.807) is 11.3 Å². The Morgan fingerprint density at radius 3 is 2.45 bits per heavy atom. The van der Waals surface area contributed by atoms with E-state index in [1.807, 2.05) is 58.0 Å². The van der Waals surface area contributed by atoms with Crippen LogP contribution in [-0.4, -0.2) is 41.4 Å². The van der Waals surface area contributed by atoms with Crippen LogP contribution in [0.15, 0.2) is 54.6 Å². The molecule has 2 heterocycles. The highest BCUT2D eigenvalue weighted by Gasteiger charge is 2.36. The van der Waals surface area contributed by atoms with Gasteiger partial charge in [-0.3, -0.25) is 0 Å². The van der Waals surface area contributed by atoms with E-state index in [4.69, 9.17) is 26.1 Å². The maximum atomic E-state index is 12.6. The summed E-state index contributed by atoms with van der Waals surface area (Å²) < 4.78 is 13.4. The zero-order valence-electron chi connectivity index (χ0n) is 23.7. The molecule has 1 aromatic heterocycles. The summed E-state index contributed by atoms with van der Waals surface area (Å²) in [6, 6.07) is 18.0. The molecule has 0 bridgehead atoms. The summed E-state index contributed by atoms with van der Waals surface area (Å²) in [7, 11) is 0. The average molecular weight is 579 g/mol. The third-order valence-corrected chi connectivity index (χ3v) is 8.62. The van der Waals surface area contributed by atoms with E-state index in [2.05, 4.69) is 43.0 Å². The summed E-state index contributed by atoms with van der Waals surface area (Å²) in [6.45, 7) is 13.7. The Morgan fingerprint density at radius 1 is 1.15 bits per heavy atom. The molecule has 1 aliphatic heterocycles. The molecule has 4 aromatic rings. The van der Waals surface area contributed by atoms with Crippen molar-refractivity contribution in [2.75, 3.05) is 24.6 Å². The standard InChI is InChI=1S/C32H35ClN2O4S/c1-19-7-11-22(12-8-19)32(6)18-35(15-16-38-32)30-34-24-17-20(2)25(27(29(36)37)39-31(3,4)5)26(28(24)40-30)21-9-13-23(33)14-10-21/h7-14,17,27H,15-16,18H2,1-6H3,(H,36,37). The number of carbonyl (C=O) groups is 1. The first kappa shape index (κ1) is 28.6. The summed E-state index contributed by atoms with van der Waals surface area (Å²) in [5, 5.41) is 11.8. The molecular weight excluding hydrogens is 544 g/mol. The quantitative estimate of drug-likeness (QED) is 0.250. The first-order valence-corrected chi connectivity index (χ1v) is 14.6. The highest BCUT2D eigenvalue weighted by molar-refractivity contribution is 7.22. The van der Waals surface area contributed by atoms with Gasteiger partial charge in [-0.1, -0.05) is 64.9 Å². The summed E-state index contributed by atoms with van der Waals surface area (Å²) in [5.41, 5.74) is 5.19. The summed E-state index contributed by atoms with van der Waals surface area (Å²) in [4.78, 5) is 19.9. The first-order valence-electron chi connectivity index (χ1n) is 13.4. The minimum Gasteiger partial charge on any atom is -0.479 e. The maximum absolute atomic E-state index is 12.6. The monoisotopic (exact) mass is 578 g/mol. The normalized spacial score (nSPS) is 18.7. The molecule has 1 N–H and O–H groups in total. The number of carboxylic acids is 1. The van der Waals surface area contributed by atoms with E-state index >= 15 is 0 Å². The number of morpholine rings is 1. The van der Waals surface area contributed by atoms with E-state index in [-0.39, 0.29) is 0 Å². The third-order valence-electron chi connectivity index (χ3n) is 7.21. The molecule has 1 aliphatic rings. The summed E-state index contributed by atoms with van der Waals surface area (Å²) >= 11 is 7.81. The van der Waals surface area contributed by atoms with E-state index < -0.39 is 23.3 Å². The van der Waals surface area contributed by atoms with Crippen molar-refractivity contribution < 1.29 is 19.4 Å². The topological polar surface area (TPSA) is 71.9 Å². The summed E-state index contributed by atoms with van der Waals surface area (Å²) in [5.74, 6) is -1.03. The van der Waals surface area contributed by atoms with Crippen LogP contribution in [-0.2, 0) is 19.9 Å². The number of carboxylic acid groups (broad SMARTS) is 1. The largest absolute Gasteiger partial charge is 0.479 e. The van der Waals surface area contributed by atoms with Crippen LogP contribution < -0.4 is 4.90 Å². The summed E-state index contributed by atoms with van der Waals surface area (Å²) in [6.07, 6.45) is -1.14. The van der Waals surface area contributed by atoms with Crippen LogP contribution in [0, 0.1) is 13.8 Å². The Hall–Kier alpha value is -2.97. The predicted octanol–water partition coefficient (Wildman–Crippen LogP) is 7.93. The van der Waals surface area contributed by atoms with Crippen molar-refractivity contribution in [2.24, 2.45) is 0 Å². The molecule has 1 fully saturated rings. The van der Waals surface area contributed by atoms with Crippen molar-refractivity contribution in [3.63, 3.8) is 0 Å².